The fraction of sp³-hybridized carbons (Fsp3) is 0.698. The van der Waals surface area contributed by atoms with Crippen molar-refractivity contribution < 1.29 is 33.0 Å². The highest BCUT2D eigenvalue weighted by Gasteiger charge is 2.71. The number of hydrogen-bond acceptors (Lipinski definition) is 7. The maximum atomic E-state index is 14.2. The number of halogens is 1. The molecule has 1 aromatic heterocycles. The highest BCUT2D eigenvalue weighted by atomic mass is 19.1. The van der Waals surface area contributed by atoms with Crippen LogP contribution in [0.4, 0.5) is 4.39 Å². The van der Waals surface area contributed by atoms with Crippen molar-refractivity contribution in [3.05, 3.63) is 47.1 Å². The molecule has 282 valence electrons. The molecule has 7 rings (SSSR count). The number of ether oxygens (including phenoxy) is 1. The van der Waals surface area contributed by atoms with E-state index in [1.807, 2.05) is 0 Å². The van der Waals surface area contributed by atoms with E-state index in [9.17, 15) is 23.9 Å². The minimum atomic E-state index is -1.18. The van der Waals surface area contributed by atoms with Gasteiger partial charge in [-0.25, -0.2) is 4.39 Å². The van der Waals surface area contributed by atoms with Crippen LogP contribution in [0.3, 0.4) is 0 Å². The number of carbonyl (C=O) groups excluding carboxylic acids is 2. The number of aliphatic carboxylic acids is 1. The van der Waals surface area contributed by atoms with Crippen molar-refractivity contribution >= 4 is 17.7 Å². The first-order valence-corrected chi connectivity index (χ1v) is 19.5. The van der Waals surface area contributed by atoms with Gasteiger partial charge < -0.3 is 14.3 Å². The number of nitrogens with zero attached hydrogens (tertiary/aromatic N) is 2. The average molecular weight is 717 g/mol. The third-order valence-corrected chi connectivity index (χ3v) is 15.7. The lowest BCUT2D eigenvalue weighted by Crippen LogP contribution is -2.66. The number of allylic oxidation sites excluding steroid dienone is 2. The van der Waals surface area contributed by atoms with Crippen LogP contribution in [-0.4, -0.2) is 39.1 Å². The lowest BCUT2D eigenvalue weighted by molar-refractivity contribution is -0.232. The number of benzene rings is 1. The minimum Gasteiger partial charge on any atom is -0.481 e. The van der Waals surface area contributed by atoms with Crippen LogP contribution < -0.4 is 0 Å². The number of aromatic nitrogens is 2. The number of Topliss-reactive ketones (excluding diaryl/α,β-unsaturated/α-hetero) is 1. The zero-order valence-electron chi connectivity index (χ0n) is 32.5. The van der Waals surface area contributed by atoms with Gasteiger partial charge in [0.1, 0.15) is 11.9 Å². The SMILES string of the molecule is CC(C)C1=C2[C@H]3CC[C@@H]4[C@@]5(C)CC[C@H](OC(=O)CC(C)(C)C(=O)O)C(C)(C)[C@@H]5CC[C@@]4(C)[C@]3(C)CC[C@@]2(c2nnc(-c3cccc(F)c3)o2)CC1=O. The van der Waals surface area contributed by atoms with Gasteiger partial charge in [-0.3, -0.25) is 14.4 Å². The molecule has 52 heavy (non-hydrogen) atoms. The number of esters is 1. The van der Waals surface area contributed by atoms with Crippen molar-refractivity contribution in [2.24, 2.45) is 50.7 Å². The van der Waals surface area contributed by atoms with Gasteiger partial charge in [0, 0.05) is 17.4 Å². The summed E-state index contributed by atoms with van der Waals surface area (Å²) in [7, 11) is 0. The Bertz CT molecular complexity index is 1840. The van der Waals surface area contributed by atoms with Crippen LogP contribution in [0, 0.1) is 56.6 Å². The Hall–Kier alpha value is -3.36. The Kier molecular flexibility index (Phi) is 8.59. The number of ketones is 1. The van der Waals surface area contributed by atoms with Crippen LogP contribution in [0.15, 0.2) is 39.8 Å². The Morgan fingerprint density at radius 2 is 1.71 bits per heavy atom. The molecule has 0 aliphatic heterocycles. The lowest BCUT2D eigenvalue weighted by Gasteiger charge is -2.72. The van der Waals surface area contributed by atoms with E-state index < -0.39 is 22.8 Å². The molecular formula is C43H57FN2O6. The topological polar surface area (TPSA) is 120 Å². The number of fused-ring (bicyclic) bond motifs is 7. The first-order chi connectivity index (χ1) is 24.2. The lowest BCUT2D eigenvalue weighted by atomic mass is 9.33. The van der Waals surface area contributed by atoms with Gasteiger partial charge >= 0.3 is 11.9 Å². The molecule has 8 atom stereocenters. The Labute approximate surface area is 307 Å². The predicted molar refractivity (Wildman–Crippen MR) is 194 cm³/mol. The number of hydrogen-bond donors (Lipinski definition) is 1. The van der Waals surface area contributed by atoms with E-state index in [2.05, 4.69) is 58.7 Å². The standard InChI is InChI=1S/C43H57FN2O6/c1-24(2)33-28(47)22-43(36-46-45-35(52-36)25-11-10-12-26(44)21-25)20-19-41(8)27(34(33)43)13-14-30-40(7)17-16-31(51-32(48)23-38(3,4)37(49)50)39(5,6)29(40)15-18-42(30,41)9/h10-12,21,24,27,29-31H,13-20,22-23H2,1-9H3,(H,49,50)/t27-,29+,30-,31+,40+,41-,42-,43-/m1/s1. The highest BCUT2D eigenvalue weighted by molar-refractivity contribution is 6.01. The van der Waals surface area contributed by atoms with Crippen LogP contribution in [-0.2, 0) is 24.5 Å². The van der Waals surface area contributed by atoms with Crippen molar-refractivity contribution in [1.82, 2.24) is 10.2 Å². The minimum absolute atomic E-state index is 0.0146. The van der Waals surface area contributed by atoms with Crippen LogP contribution in [0.2, 0.25) is 0 Å². The van der Waals surface area contributed by atoms with E-state index in [1.54, 1.807) is 26.0 Å². The highest BCUT2D eigenvalue weighted by Crippen LogP contribution is 2.76. The van der Waals surface area contributed by atoms with Crippen molar-refractivity contribution in [3.8, 4) is 11.5 Å². The van der Waals surface area contributed by atoms with Gasteiger partial charge in [0.25, 0.3) is 0 Å². The van der Waals surface area contributed by atoms with Gasteiger partial charge in [-0.2, -0.15) is 0 Å². The molecule has 4 saturated carbocycles. The van der Waals surface area contributed by atoms with Gasteiger partial charge in [-0.1, -0.05) is 54.5 Å². The van der Waals surface area contributed by atoms with Crippen LogP contribution in [0.1, 0.15) is 132 Å². The number of carbonyl (C=O) groups is 3. The number of rotatable bonds is 7. The predicted octanol–water partition coefficient (Wildman–Crippen LogP) is 9.52. The summed E-state index contributed by atoms with van der Waals surface area (Å²) in [6.07, 6.45) is 7.44. The molecule has 4 fully saturated rings. The molecular weight excluding hydrogens is 659 g/mol. The summed E-state index contributed by atoms with van der Waals surface area (Å²) in [4.78, 5) is 38.9. The molecule has 0 amide bonds. The summed E-state index contributed by atoms with van der Waals surface area (Å²) in [6, 6.07) is 6.20. The summed E-state index contributed by atoms with van der Waals surface area (Å²) in [5.41, 5.74) is 0.600. The number of carboxylic acids is 1. The molecule has 0 radical (unpaired) electrons. The molecule has 0 saturated heterocycles. The maximum absolute atomic E-state index is 14.2. The first-order valence-electron chi connectivity index (χ1n) is 19.5. The summed E-state index contributed by atoms with van der Waals surface area (Å²) >= 11 is 0. The fourth-order valence-electron chi connectivity index (χ4n) is 12.9. The van der Waals surface area contributed by atoms with Crippen molar-refractivity contribution in [2.75, 3.05) is 0 Å². The summed E-state index contributed by atoms with van der Waals surface area (Å²) in [5, 5.41) is 18.6. The summed E-state index contributed by atoms with van der Waals surface area (Å²) in [6.45, 7) is 19.4. The molecule has 9 heteroatoms. The molecule has 0 spiro atoms. The zero-order chi connectivity index (χ0) is 37.8. The average Bonchev–Trinajstić information content (AvgIpc) is 3.66. The van der Waals surface area contributed by atoms with Crippen molar-refractivity contribution in [2.45, 2.75) is 138 Å². The second-order valence-corrected chi connectivity index (χ2v) is 19.4. The van der Waals surface area contributed by atoms with Gasteiger partial charge in [0.05, 0.1) is 17.3 Å². The smallest absolute Gasteiger partial charge is 0.309 e. The van der Waals surface area contributed by atoms with Crippen molar-refractivity contribution in [3.63, 3.8) is 0 Å². The van der Waals surface area contributed by atoms with E-state index in [0.29, 0.717) is 29.7 Å². The molecule has 8 nitrogen and oxygen atoms in total. The van der Waals surface area contributed by atoms with E-state index in [-0.39, 0.29) is 63.5 Å². The second kappa shape index (κ2) is 12.1. The monoisotopic (exact) mass is 716 g/mol. The Balaban J connectivity index is 1.21. The van der Waals surface area contributed by atoms with E-state index >= 15 is 0 Å². The van der Waals surface area contributed by atoms with E-state index in [1.165, 1.54) is 17.7 Å². The molecule has 1 heterocycles. The normalized spacial score (nSPS) is 36.9. The molecule has 5 aliphatic rings. The van der Waals surface area contributed by atoms with Crippen LogP contribution in [0.25, 0.3) is 11.5 Å². The fourth-order valence-corrected chi connectivity index (χ4v) is 12.9. The van der Waals surface area contributed by atoms with Gasteiger partial charge in [0.15, 0.2) is 5.78 Å². The maximum Gasteiger partial charge on any atom is 0.309 e. The van der Waals surface area contributed by atoms with Crippen molar-refractivity contribution in [1.29, 1.82) is 0 Å². The molecule has 0 bridgehead atoms. The summed E-state index contributed by atoms with van der Waals surface area (Å²) in [5.74, 6) is 0.205. The Morgan fingerprint density at radius 3 is 2.38 bits per heavy atom. The second-order valence-electron chi connectivity index (χ2n) is 19.4. The van der Waals surface area contributed by atoms with Crippen LogP contribution in [0.5, 0.6) is 0 Å². The van der Waals surface area contributed by atoms with Gasteiger partial charge in [0.2, 0.25) is 11.8 Å². The summed E-state index contributed by atoms with van der Waals surface area (Å²) < 4.78 is 26.8. The Morgan fingerprint density at radius 1 is 0.981 bits per heavy atom. The first kappa shape index (κ1) is 37.0. The largest absolute Gasteiger partial charge is 0.481 e. The third kappa shape index (κ3) is 5.20. The van der Waals surface area contributed by atoms with Crippen LogP contribution >= 0.6 is 0 Å². The van der Waals surface area contributed by atoms with E-state index in [0.717, 1.165) is 56.9 Å². The number of carboxylic acid groups (broad SMARTS) is 1. The van der Waals surface area contributed by atoms with Gasteiger partial charge in [-0.15, -0.1) is 10.2 Å². The quantitative estimate of drug-likeness (QED) is 0.282. The van der Waals surface area contributed by atoms with E-state index in [4.69, 9.17) is 9.15 Å². The van der Waals surface area contributed by atoms with Gasteiger partial charge in [-0.05, 0) is 134 Å². The molecule has 0 unspecified atom stereocenters. The molecule has 2 aromatic rings. The zero-order valence-corrected chi connectivity index (χ0v) is 32.5. The molecule has 1 aromatic carbocycles. The third-order valence-electron chi connectivity index (χ3n) is 15.7. The molecule has 5 aliphatic carbocycles. The molecule has 1 N–H and O–H groups in total.